The van der Waals surface area contributed by atoms with Crippen molar-refractivity contribution in [2.75, 3.05) is 4.90 Å². The molecular formula is C69H47N. The highest BCUT2D eigenvalue weighted by molar-refractivity contribution is 6.22. The van der Waals surface area contributed by atoms with Crippen LogP contribution in [-0.2, 0) is 5.41 Å². The number of fused-ring (bicyclic) bond motifs is 6. The third-order valence-electron chi connectivity index (χ3n) is 14.5. The van der Waals surface area contributed by atoms with Crippen LogP contribution in [0.5, 0.6) is 0 Å². The van der Waals surface area contributed by atoms with Crippen LogP contribution in [0.1, 0.15) is 22.3 Å². The smallest absolute Gasteiger partial charge is 0.0714 e. The Labute approximate surface area is 409 Å². The first-order chi connectivity index (χ1) is 34.8. The van der Waals surface area contributed by atoms with Crippen molar-refractivity contribution in [3.8, 4) is 55.6 Å². The monoisotopic (exact) mass is 889 g/mol. The Morgan fingerprint density at radius 2 is 0.729 bits per heavy atom. The van der Waals surface area contributed by atoms with E-state index in [1.165, 1.54) is 88.3 Å². The van der Waals surface area contributed by atoms with Gasteiger partial charge in [-0.3, -0.25) is 0 Å². The first-order valence-electron chi connectivity index (χ1n) is 24.3. The fraction of sp³-hybridized carbons (Fsp3) is 0.0145. The highest BCUT2D eigenvalue weighted by Gasteiger charge is 2.47. The molecule has 0 bridgehead atoms. The number of hydrogen-bond acceptors (Lipinski definition) is 1. The summed E-state index contributed by atoms with van der Waals surface area (Å²) in [6, 6.07) is 105. The molecule has 0 aromatic heterocycles. The van der Waals surface area contributed by atoms with Gasteiger partial charge in [0.2, 0.25) is 0 Å². The molecule has 0 radical (unpaired) electrons. The SMILES string of the molecule is c1ccc(-c2ccc(N(c3ccc4c(c3)c(-c3ccccc3)c(-c3ccccc3)c3ccccc34)c3cccc4c3-c3ccccc3C4(c3ccccc3)c3ccccc3)c(-c3ccccc3)c2)cc1. The van der Waals surface area contributed by atoms with Crippen molar-refractivity contribution in [3.05, 3.63) is 307 Å². The predicted molar refractivity (Wildman–Crippen MR) is 295 cm³/mol. The minimum atomic E-state index is -0.567. The molecule has 13 rings (SSSR count). The molecule has 0 fully saturated rings. The number of hydrogen-bond donors (Lipinski definition) is 0. The Balaban J connectivity index is 1.17. The van der Waals surface area contributed by atoms with Crippen LogP contribution >= 0.6 is 0 Å². The van der Waals surface area contributed by atoms with Crippen LogP contribution in [0.4, 0.5) is 17.1 Å². The van der Waals surface area contributed by atoms with Gasteiger partial charge in [-0.1, -0.05) is 255 Å². The molecule has 328 valence electrons. The molecule has 1 aliphatic rings. The summed E-state index contributed by atoms with van der Waals surface area (Å²) in [5, 5.41) is 4.89. The molecule has 0 aliphatic heterocycles. The second-order valence-corrected chi connectivity index (χ2v) is 18.3. The fourth-order valence-electron chi connectivity index (χ4n) is 11.6. The zero-order chi connectivity index (χ0) is 46.4. The summed E-state index contributed by atoms with van der Waals surface area (Å²) in [6.45, 7) is 0. The largest absolute Gasteiger partial charge is 0.309 e. The van der Waals surface area contributed by atoms with Gasteiger partial charge in [0, 0.05) is 16.8 Å². The fourth-order valence-corrected chi connectivity index (χ4v) is 11.6. The summed E-state index contributed by atoms with van der Waals surface area (Å²) in [6.07, 6.45) is 0. The maximum absolute atomic E-state index is 2.56. The molecule has 0 amide bonds. The second kappa shape index (κ2) is 17.2. The first-order valence-corrected chi connectivity index (χ1v) is 24.3. The molecule has 0 N–H and O–H groups in total. The van der Waals surface area contributed by atoms with E-state index in [0.29, 0.717) is 0 Å². The van der Waals surface area contributed by atoms with Gasteiger partial charge in [0.05, 0.1) is 16.8 Å². The van der Waals surface area contributed by atoms with Crippen LogP contribution in [0.25, 0.3) is 77.2 Å². The standard InChI is InChI=1S/C69H47N/c1-7-24-48(25-8-1)52-42-45-64(60(46-52)49-26-9-2-10-27-49)70(65-41-23-40-63-68(65)59-38-21-22-39-62(59)69(63,53-32-15-5-16-33-53)54-34-17-6-18-35-54)55-43-44-57-56-36-19-20-37-58(56)66(50-28-11-3-12-29-50)67(61(57)47-55)51-30-13-4-14-31-51/h1-47H. The van der Waals surface area contributed by atoms with E-state index in [0.717, 1.165) is 28.2 Å². The predicted octanol–water partition coefficient (Wildman–Crippen LogP) is 18.5. The summed E-state index contributed by atoms with van der Waals surface area (Å²) >= 11 is 0. The number of anilines is 3. The molecule has 1 heteroatoms. The van der Waals surface area contributed by atoms with Crippen molar-refractivity contribution in [3.63, 3.8) is 0 Å². The minimum absolute atomic E-state index is 0.567. The second-order valence-electron chi connectivity index (χ2n) is 18.3. The van der Waals surface area contributed by atoms with E-state index in [-0.39, 0.29) is 0 Å². The van der Waals surface area contributed by atoms with Crippen molar-refractivity contribution in [1.82, 2.24) is 0 Å². The summed E-state index contributed by atoms with van der Waals surface area (Å²) in [4.78, 5) is 2.56. The Morgan fingerprint density at radius 3 is 1.36 bits per heavy atom. The van der Waals surface area contributed by atoms with Crippen LogP contribution in [-0.4, -0.2) is 0 Å². The minimum Gasteiger partial charge on any atom is -0.309 e. The lowest BCUT2D eigenvalue weighted by atomic mass is 9.68. The Hall–Kier alpha value is -9.04. The van der Waals surface area contributed by atoms with Gasteiger partial charge in [0.1, 0.15) is 0 Å². The van der Waals surface area contributed by atoms with E-state index >= 15 is 0 Å². The van der Waals surface area contributed by atoms with Crippen LogP contribution in [0.2, 0.25) is 0 Å². The molecule has 0 heterocycles. The molecule has 1 aliphatic carbocycles. The topological polar surface area (TPSA) is 3.24 Å². The van der Waals surface area contributed by atoms with E-state index in [4.69, 9.17) is 0 Å². The lowest BCUT2D eigenvalue weighted by Gasteiger charge is -2.35. The van der Waals surface area contributed by atoms with Crippen molar-refractivity contribution >= 4 is 38.6 Å². The Kier molecular flexibility index (Phi) is 10.1. The average molecular weight is 890 g/mol. The average Bonchev–Trinajstić information content (AvgIpc) is 3.76. The normalized spacial score (nSPS) is 12.4. The van der Waals surface area contributed by atoms with Gasteiger partial charge in [0.25, 0.3) is 0 Å². The summed E-state index contributed by atoms with van der Waals surface area (Å²) in [7, 11) is 0. The quantitative estimate of drug-likeness (QED) is 0.131. The maximum atomic E-state index is 2.56. The van der Waals surface area contributed by atoms with E-state index in [2.05, 4.69) is 290 Å². The Bertz CT molecular complexity index is 3810. The number of rotatable bonds is 9. The third-order valence-corrected chi connectivity index (χ3v) is 14.5. The van der Waals surface area contributed by atoms with E-state index in [1.54, 1.807) is 0 Å². The van der Waals surface area contributed by atoms with Crippen molar-refractivity contribution in [1.29, 1.82) is 0 Å². The van der Waals surface area contributed by atoms with Crippen molar-refractivity contribution < 1.29 is 0 Å². The molecule has 0 unspecified atom stereocenters. The molecule has 0 saturated carbocycles. The zero-order valence-electron chi connectivity index (χ0n) is 38.6. The molecule has 0 spiro atoms. The van der Waals surface area contributed by atoms with Crippen LogP contribution in [0.15, 0.2) is 285 Å². The Morgan fingerprint density at radius 1 is 0.243 bits per heavy atom. The molecule has 12 aromatic carbocycles. The van der Waals surface area contributed by atoms with Crippen LogP contribution < -0.4 is 4.90 Å². The summed E-state index contributed by atoms with van der Waals surface area (Å²) in [5.74, 6) is 0. The summed E-state index contributed by atoms with van der Waals surface area (Å²) in [5.41, 5.74) is 19.7. The maximum Gasteiger partial charge on any atom is 0.0714 e. The van der Waals surface area contributed by atoms with Gasteiger partial charge in [-0.2, -0.15) is 0 Å². The van der Waals surface area contributed by atoms with E-state index in [1.807, 2.05) is 0 Å². The third kappa shape index (κ3) is 6.62. The lowest BCUT2D eigenvalue weighted by molar-refractivity contribution is 0.768. The van der Waals surface area contributed by atoms with Crippen LogP contribution in [0, 0.1) is 0 Å². The lowest BCUT2D eigenvalue weighted by Crippen LogP contribution is -2.28. The first kappa shape index (κ1) is 41.2. The number of benzene rings is 12. The van der Waals surface area contributed by atoms with Crippen LogP contribution in [0.3, 0.4) is 0 Å². The van der Waals surface area contributed by atoms with Crippen molar-refractivity contribution in [2.45, 2.75) is 5.41 Å². The molecule has 12 aromatic rings. The van der Waals surface area contributed by atoms with Gasteiger partial charge in [-0.05, 0) is 119 Å². The van der Waals surface area contributed by atoms with Gasteiger partial charge in [-0.15, -0.1) is 0 Å². The molecular weight excluding hydrogens is 843 g/mol. The van der Waals surface area contributed by atoms with Gasteiger partial charge in [0.15, 0.2) is 0 Å². The summed E-state index contributed by atoms with van der Waals surface area (Å²) < 4.78 is 0. The molecule has 1 nitrogen and oxygen atoms in total. The van der Waals surface area contributed by atoms with Gasteiger partial charge < -0.3 is 4.90 Å². The molecule has 70 heavy (non-hydrogen) atoms. The van der Waals surface area contributed by atoms with Gasteiger partial charge >= 0.3 is 0 Å². The highest BCUT2D eigenvalue weighted by atomic mass is 15.1. The van der Waals surface area contributed by atoms with E-state index in [9.17, 15) is 0 Å². The van der Waals surface area contributed by atoms with Gasteiger partial charge in [-0.25, -0.2) is 0 Å². The molecule has 0 atom stereocenters. The van der Waals surface area contributed by atoms with E-state index < -0.39 is 5.41 Å². The zero-order valence-corrected chi connectivity index (χ0v) is 38.6. The highest BCUT2D eigenvalue weighted by Crippen LogP contribution is 2.60. The molecule has 0 saturated heterocycles. The van der Waals surface area contributed by atoms with Crippen molar-refractivity contribution in [2.24, 2.45) is 0 Å². The number of nitrogens with zero attached hydrogens (tertiary/aromatic N) is 1.